The van der Waals surface area contributed by atoms with Gasteiger partial charge in [0.25, 0.3) is 0 Å². The second-order valence-electron chi connectivity index (χ2n) is 6.85. The number of carbonyl (C=O) groups is 1. The minimum Gasteiger partial charge on any atom is -0.328 e. The Morgan fingerprint density at radius 2 is 1.92 bits per heavy atom. The van der Waals surface area contributed by atoms with Crippen LogP contribution in [0.1, 0.15) is 37.9 Å². The zero-order chi connectivity index (χ0) is 18.1. The molecule has 1 amide bonds. The van der Waals surface area contributed by atoms with Crippen molar-refractivity contribution in [2.75, 3.05) is 11.4 Å². The van der Waals surface area contributed by atoms with Crippen LogP contribution in [0.25, 0.3) is 11.0 Å². The maximum absolute atomic E-state index is 12.7. The van der Waals surface area contributed by atoms with E-state index in [4.69, 9.17) is 4.98 Å². The van der Waals surface area contributed by atoms with Crippen LogP contribution < -0.4 is 4.90 Å². The van der Waals surface area contributed by atoms with Gasteiger partial charge in [0.05, 0.1) is 11.0 Å². The number of carbonyl (C=O) groups excluding carboxylic acids is 1. The lowest BCUT2D eigenvalue weighted by Gasteiger charge is -2.17. The summed E-state index contributed by atoms with van der Waals surface area (Å²) in [5.41, 5.74) is 3.15. The van der Waals surface area contributed by atoms with E-state index in [9.17, 15) is 4.79 Å². The van der Waals surface area contributed by atoms with E-state index in [2.05, 4.69) is 45.6 Å². The summed E-state index contributed by atoms with van der Waals surface area (Å²) in [5.74, 6) is 1.36. The van der Waals surface area contributed by atoms with E-state index < -0.39 is 0 Å². The number of para-hydroxylation sites is 2. The SMILES string of the molecule is CCCCn1c(C2CC(=O)N(c3ccc(Br)cc3)C2)nc2ccccc21. The molecule has 3 aromatic rings. The highest BCUT2D eigenvalue weighted by Crippen LogP contribution is 2.33. The first kappa shape index (κ1) is 17.3. The number of aromatic nitrogens is 2. The minimum absolute atomic E-state index is 0.135. The average molecular weight is 412 g/mol. The summed E-state index contributed by atoms with van der Waals surface area (Å²) in [7, 11) is 0. The largest absolute Gasteiger partial charge is 0.328 e. The van der Waals surface area contributed by atoms with Gasteiger partial charge in [-0.25, -0.2) is 4.98 Å². The zero-order valence-electron chi connectivity index (χ0n) is 14.9. The van der Waals surface area contributed by atoms with E-state index in [1.807, 2.05) is 35.2 Å². The number of aryl methyl sites for hydroxylation is 1. The molecule has 1 aromatic heterocycles. The van der Waals surface area contributed by atoms with Gasteiger partial charge < -0.3 is 9.47 Å². The Morgan fingerprint density at radius 3 is 2.69 bits per heavy atom. The summed E-state index contributed by atoms with van der Waals surface area (Å²) in [6, 6.07) is 16.2. The molecule has 5 heteroatoms. The predicted molar refractivity (Wildman–Crippen MR) is 108 cm³/mol. The molecule has 134 valence electrons. The quantitative estimate of drug-likeness (QED) is 0.584. The Balaban J connectivity index is 1.67. The molecule has 4 nitrogen and oxygen atoms in total. The fraction of sp³-hybridized carbons (Fsp3) is 0.333. The van der Waals surface area contributed by atoms with Crippen molar-refractivity contribution in [2.24, 2.45) is 0 Å². The van der Waals surface area contributed by atoms with Crippen LogP contribution >= 0.6 is 15.9 Å². The van der Waals surface area contributed by atoms with Crippen LogP contribution in [0.3, 0.4) is 0 Å². The van der Waals surface area contributed by atoms with Crippen molar-refractivity contribution in [3.63, 3.8) is 0 Å². The first-order chi connectivity index (χ1) is 12.7. The van der Waals surface area contributed by atoms with Crippen LogP contribution in [0, 0.1) is 0 Å². The van der Waals surface area contributed by atoms with Gasteiger partial charge in [-0.3, -0.25) is 4.79 Å². The van der Waals surface area contributed by atoms with Crippen molar-refractivity contribution >= 4 is 38.6 Å². The number of amides is 1. The number of fused-ring (bicyclic) bond motifs is 1. The standard InChI is InChI=1S/C21H22BrN3O/c1-2-3-12-24-19-7-5-4-6-18(19)23-21(24)15-13-20(26)25(14-15)17-10-8-16(22)9-11-17/h4-11,15H,2-3,12-14H2,1H3. The Labute approximate surface area is 162 Å². The highest BCUT2D eigenvalue weighted by Gasteiger charge is 2.34. The van der Waals surface area contributed by atoms with Crippen molar-refractivity contribution in [1.29, 1.82) is 0 Å². The topological polar surface area (TPSA) is 38.1 Å². The number of hydrogen-bond acceptors (Lipinski definition) is 2. The van der Waals surface area contributed by atoms with E-state index in [1.165, 1.54) is 5.52 Å². The summed E-state index contributed by atoms with van der Waals surface area (Å²) in [5, 5.41) is 0. The van der Waals surface area contributed by atoms with Gasteiger partial charge in [0, 0.05) is 35.6 Å². The number of nitrogens with zero attached hydrogens (tertiary/aromatic N) is 3. The normalized spacial score (nSPS) is 17.4. The summed E-state index contributed by atoms with van der Waals surface area (Å²) >= 11 is 3.45. The number of imidazole rings is 1. The molecule has 0 aliphatic carbocycles. The first-order valence-electron chi connectivity index (χ1n) is 9.18. The van der Waals surface area contributed by atoms with Crippen LogP contribution in [0.2, 0.25) is 0 Å². The van der Waals surface area contributed by atoms with Crippen LogP contribution in [-0.4, -0.2) is 22.0 Å². The lowest BCUT2D eigenvalue weighted by Crippen LogP contribution is -2.24. The molecule has 0 saturated carbocycles. The lowest BCUT2D eigenvalue weighted by atomic mass is 10.1. The summed E-state index contributed by atoms with van der Waals surface area (Å²) < 4.78 is 3.34. The summed E-state index contributed by atoms with van der Waals surface area (Å²) in [4.78, 5) is 19.5. The van der Waals surface area contributed by atoms with Gasteiger partial charge in [-0.05, 0) is 42.8 Å². The molecule has 26 heavy (non-hydrogen) atoms. The molecule has 4 rings (SSSR count). The van der Waals surface area contributed by atoms with Gasteiger partial charge in [-0.2, -0.15) is 0 Å². The smallest absolute Gasteiger partial charge is 0.227 e. The highest BCUT2D eigenvalue weighted by atomic mass is 79.9. The Kier molecular flexibility index (Phi) is 4.81. The molecular weight excluding hydrogens is 390 g/mol. The van der Waals surface area contributed by atoms with Gasteiger partial charge in [0.2, 0.25) is 5.91 Å². The van der Waals surface area contributed by atoms with E-state index in [0.29, 0.717) is 13.0 Å². The third-order valence-corrected chi connectivity index (χ3v) is 5.58. The van der Waals surface area contributed by atoms with E-state index in [1.54, 1.807) is 0 Å². The summed E-state index contributed by atoms with van der Waals surface area (Å²) in [6.45, 7) is 3.85. The number of benzene rings is 2. The second kappa shape index (κ2) is 7.23. The number of rotatable bonds is 5. The Hall–Kier alpha value is -2.14. The van der Waals surface area contributed by atoms with Crippen molar-refractivity contribution in [2.45, 2.75) is 38.6 Å². The molecule has 2 heterocycles. The van der Waals surface area contributed by atoms with Gasteiger partial charge in [-0.1, -0.05) is 41.4 Å². The maximum atomic E-state index is 12.7. The molecule has 1 aliphatic rings. The first-order valence-corrected chi connectivity index (χ1v) is 9.97. The van der Waals surface area contributed by atoms with Crippen molar-refractivity contribution in [3.8, 4) is 0 Å². The molecular formula is C21H22BrN3O. The maximum Gasteiger partial charge on any atom is 0.227 e. The van der Waals surface area contributed by atoms with E-state index in [-0.39, 0.29) is 11.8 Å². The Morgan fingerprint density at radius 1 is 1.15 bits per heavy atom. The molecule has 0 bridgehead atoms. The fourth-order valence-corrected chi connectivity index (χ4v) is 3.97. The van der Waals surface area contributed by atoms with Gasteiger partial charge in [-0.15, -0.1) is 0 Å². The monoisotopic (exact) mass is 411 g/mol. The second-order valence-corrected chi connectivity index (χ2v) is 7.76. The van der Waals surface area contributed by atoms with Crippen molar-refractivity contribution in [1.82, 2.24) is 9.55 Å². The van der Waals surface area contributed by atoms with Gasteiger partial charge in [0.15, 0.2) is 0 Å². The molecule has 0 N–H and O–H groups in total. The lowest BCUT2D eigenvalue weighted by molar-refractivity contribution is -0.117. The number of hydrogen-bond donors (Lipinski definition) is 0. The highest BCUT2D eigenvalue weighted by molar-refractivity contribution is 9.10. The number of unbranched alkanes of at least 4 members (excludes halogenated alkanes) is 1. The molecule has 1 atom stereocenters. The predicted octanol–water partition coefficient (Wildman–Crippen LogP) is 5.12. The molecule has 1 saturated heterocycles. The third kappa shape index (κ3) is 3.16. The van der Waals surface area contributed by atoms with Crippen molar-refractivity contribution in [3.05, 3.63) is 58.8 Å². The Bertz CT molecular complexity index is 932. The van der Waals surface area contributed by atoms with Crippen molar-refractivity contribution < 1.29 is 4.79 Å². The molecule has 1 unspecified atom stereocenters. The fourth-order valence-electron chi connectivity index (χ4n) is 3.71. The third-order valence-electron chi connectivity index (χ3n) is 5.05. The minimum atomic E-state index is 0.135. The number of halogens is 1. The van der Waals surface area contributed by atoms with Gasteiger partial charge >= 0.3 is 0 Å². The molecule has 0 radical (unpaired) electrons. The van der Waals surface area contributed by atoms with Crippen LogP contribution in [-0.2, 0) is 11.3 Å². The molecule has 2 aromatic carbocycles. The van der Waals surface area contributed by atoms with Crippen LogP contribution in [0.4, 0.5) is 5.69 Å². The number of anilines is 1. The van der Waals surface area contributed by atoms with Gasteiger partial charge in [0.1, 0.15) is 5.82 Å². The zero-order valence-corrected chi connectivity index (χ0v) is 16.4. The molecule has 1 aliphatic heterocycles. The van der Waals surface area contributed by atoms with Crippen LogP contribution in [0.5, 0.6) is 0 Å². The summed E-state index contributed by atoms with van der Waals surface area (Å²) in [6.07, 6.45) is 2.77. The van der Waals surface area contributed by atoms with E-state index in [0.717, 1.165) is 40.9 Å². The van der Waals surface area contributed by atoms with E-state index >= 15 is 0 Å². The molecule has 0 spiro atoms. The van der Waals surface area contributed by atoms with Crippen LogP contribution in [0.15, 0.2) is 53.0 Å². The average Bonchev–Trinajstić information content (AvgIpc) is 3.21. The molecule has 1 fully saturated rings.